The number of esters is 1. The molecular formula is C24H33ClO7. The normalized spacial score (nSPS) is 24.5. The van der Waals surface area contributed by atoms with Crippen LogP contribution in [0.15, 0.2) is 48.6 Å². The number of ether oxygens (including phenoxy) is 3. The van der Waals surface area contributed by atoms with Crippen LogP contribution in [0, 0.1) is 11.8 Å². The monoisotopic (exact) mass is 468 g/mol. The van der Waals surface area contributed by atoms with E-state index in [-0.39, 0.29) is 44.2 Å². The molecule has 0 aliphatic heterocycles. The first-order chi connectivity index (χ1) is 15.3. The van der Waals surface area contributed by atoms with Crippen LogP contribution in [0.4, 0.5) is 0 Å². The molecule has 0 heterocycles. The van der Waals surface area contributed by atoms with Crippen molar-refractivity contribution in [3.05, 3.63) is 53.6 Å². The minimum absolute atomic E-state index is 0.0450. The number of halogens is 1. The van der Waals surface area contributed by atoms with Crippen molar-refractivity contribution in [3.8, 4) is 5.75 Å². The van der Waals surface area contributed by atoms with Crippen LogP contribution in [0.25, 0.3) is 0 Å². The third-order valence-corrected chi connectivity index (χ3v) is 5.30. The highest BCUT2D eigenvalue weighted by atomic mass is 35.5. The quantitative estimate of drug-likeness (QED) is 0.246. The van der Waals surface area contributed by atoms with Gasteiger partial charge in [-0.05, 0) is 44.4 Å². The van der Waals surface area contributed by atoms with E-state index in [2.05, 4.69) is 0 Å². The SMILES string of the molecule is CC(C)OC(=O)COCC=CC[C@@H]1[C@@H](C=C[C@@H](O)COc2cccc(Cl)c2)[C@H](O)C[C@@H]1O. The summed E-state index contributed by atoms with van der Waals surface area (Å²) in [5.41, 5.74) is 0. The first kappa shape index (κ1) is 26.4. The van der Waals surface area contributed by atoms with Crippen LogP contribution in [-0.4, -0.2) is 65.5 Å². The summed E-state index contributed by atoms with van der Waals surface area (Å²) in [5.74, 6) is -0.336. The van der Waals surface area contributed by atoms with Gasteiger partial charge in [-0.3, -0.25) is 0 Å². The van der Waals surface area contributed by atoms with Gasteiger partial charge in [0.25, 0.3) is 0 Å². The fraction of sp³-hybridized carbons (Fsp3) is 0.542. The molecule has 2 rings (SSSR count). The summed E-state index contributed by atoms with van der Waals surface area (Å²) in [6, 6.07) is 6.91. The fourth-order valence-electron chi connectivity index (χ4n) is 3.59. The predicted molar refractivity (Wildman–Crippen MR) is 122 cm³/mol. The lowest BCUT2D eigenvalue weighted by Crippen LogP contribution is -2.21. The smallest absolute Gasteiger partial charge is 0.332 e. The van der Waals surface area contributed by atoms with E-state index >= 15 is 0 Å². The van der Waals surface area contributed by atoms with Crippen molar-refractivity contribution in [2.75, 3.05) is 19.8 Å². The second-order valence-corrected chi connectivity index (χ2v) is 8.53. The van der Waals surface area contributed by atoms with E-state index in [4.69, 9.17) is 25.8 Å². The molecule has 1 aliphatic rings. The summed E-state index contributed by atoms with van der Waals surface area (Å²) in [6.45, 7) is 3.72. The number of carbonyl (C=O) groups excluding carboxylic acids is 1. The van der Waals surface area contributed by atoms with Gasteiger partial charge >= 0.3 is 5.97 Å². The van der Waals surface area contributed by atoms with Gasteiger partial charge in [-0.1, -0.05) is 42.0 Å². The Morgan fingerprint density at radius 3 is 2.75 bits per heavy atom. The molecule has 32 heavy (non-hydrogen) atoms. The molecule has 1 saturated carbocycles. The van der Waals surface area contributed by atoms with Gasteiger partial charge in [-0.25, -0.2) is 4.79 Å². The minimum Gasteiger partial charge on any atom is -0.491 e. The highest BCUT2D eigenvalue weighted by Gasteiger charge is 2.39. The van der Waals surface area contributed by atoms with Crippen LogP contribution in [0.3, 0.4) is 0 Å². The number of allylic oxidation sites excluding steroid dienone is 1. The molecule has 0 bridgehead atoms. The number of aliphatic hydroxyl groups is 3. The molecule has 7 nitrogen and oxygen atoms in total. The highest BCUT2D eigenvalue weighted by Crippen LogP contribution is 2.36. The summed E-state index contributed by atoms with van der Waals surface area (Å²) in [4.78, 5) is 11.4. The Kier molecular flexibility index (Phi) is 11.2. The van der Waals surface area contributed by atoms with E-state index in [1.807, 2.05) is 6.08 Å². The molecule has 3 N–H and O–H groups in total. The summed E-state index contributed by atoms with van der Waals surface area (Å²) in [7, 11) is 0. The van der Waals surface area contributed by atoms with Crippen molar-refractivity contribution in [3.63, 3.8) is 0 Å². The first-order valence-electron chi connectivity index (χ1n) is 10.8. The third kappa shape index (κ3) is 9.30. The van der Waals surface area contributed by atoms with Crippen LogP contribution >= 0.6 is 11.6 Å². The Hall–Kier alpha value is -1.90. The molecule has 8 heteroatoms. The summed E-state index contributed by atoms with van der Waals surface area (Å²) in [6.07, 6.45) is 5.38. The van der Waals surface area contributed by atoms with Gasteiger partial charge in [0.1, 0.15) is 25.1 Å². The molecule has 1 aromatic carbocycles. The Labute approximate surface area is 194 Å². The van der Waals surface area contributed by atoms with Crippen molar-refractivity contribution < 1.29 is 34.3 Å². The fourth-order valence-corrected chi connectivity index (χ4v) is 3.77. The number of aliphatic hydroxyl groups excluding tert-OH is 3. The van der Waals surface area contributed by atoms with Gasteiger partial charge in [0.2, 0.25) is 0 Å². The molecule has 5 atom stereocenters. The van der Waals surface area contributed by atoms with Crippen LogP contribution in [0.1, 0.15) is 26.7 Å². The largest absolute Gasteiger partial charge is 0.491 e. The lowest BCUT2D eigenvalue weighted by Gasteiger charge is -2.19. The van der Waals surface area contributed by atoms with Gasteiger partial charge in [0.05, 0.1) is 24.9 Å². The van der Waals surface area contributed by atoms with Crippen LogP contribution in [0.2, 0.25) is 5.02 Å². The van der Waals surface area contributed by atoms with E-state index in [0.717, 1.165) is 0 Å². The summed E-state index contributed by atoms with van der Waals surface area (Å²) in [5, 5.41) is 31.4. The zero-order chi connectivity index (χ0) is 23.5. The molecule has 1 aliphatic carbocycles. The van der Waals surface area contributed by atoms with E-state index in [1.165, 1.54) is 0 Å². The standard InChI is InChI=1S/C24H33ClO7/c1-16(2)32-24(29)15-30-11-4-3-8-20-21(23(28)13-22(20)27)10-9-18(26)14-31-19-7-5-6-17(25)12-19/h3-7,9-10,12,16,18,20-23,26-28H,8,11,13-15H2,1-2H3/t18-,20-,21-,22+,23-/m1/s1. The second-order valence-electron chi connectivity index (χ2n) is 8.09. The second kappa shape index (κ2) is 13.6. The van der Waals surface area contributed by atoms with Crippen molar-refractivity contribution in [2.45, 2.75) is 51.1 Å². The summed E-state index contributed by atoms with van der Waals surface area (Å²) >= 11 is 5.91. The number of hydrogen-bond acceptors (Lipinski definition) is 7. The van der Waals surface area contributed by atoms with Crippen LogP contribution < -0.4 is 4.74 Å². The van der Waals surface area contributed by atoms with E-state index in [9.17, 15) is 20.1 Å². The van der Waals surface area contributed by atoms with Crippen LogP contribution in [-0.2, 0) is 14.3 Å². The summed E-state index contributed by atoms with van der Waals surface area (Å²) < 4.78 is 15.7. The number of hydrogen-bond donors (Lipinski definition) is 3. The van der Waals surface area contributed by atoms with Crippen LogP contribution in [0.5, 0.6) is 5.75 Å². The van der Waals surface area contributed by atoms with Crippen molar-refractivity contribution in [1.82, 2.24) is 0 Å². The molecule has 1 aromatic rings. The van der Waals surface area contributed by atoms with Gasteiger partial charge in [-0.2, -0.15) is 0 Å². The number of carbonyl (C=O) groups is 1. The Morgan fingerprint density at radius 1 is 1.25 bits per heavy atom. The van der Waals surface area contributed by atoms with E-state index in [0.29, 0.717) is 17.2 Å². The molecular weight excluding hydrogens is 436 g/mol. The molecule has 0 aromatic heterocycles. The van der Waals surface area contributed by atoms with Gasteiger partial charge in [0.15, 0.2) is 0 Å². The maximum Gasteiger partial charge on any atom is 0.332 e. The maximum absolute atomic E-state index is 11.4. The van der Waals surface area contributed by atoms with Crippen molar-refractivity contribution in [1.29, 1.82) is 0 Å². The highest BCUT2D eigenvalue weighted by molar-refractivity contribution is 6.30. The molecule has 0 saturated heterocycles. The van der Waals surface area contributed by atoms with Gasteiger partial charge in [0, 0.05) is 17.4 Å². The Bertz CT molecular complexity index is 764. The molecule has 0 radical (unpaired) electrons. The van der Waals surface area contributed by atoms with Crippen molar-refractivity contribution >= 4 is 17.6 Å². The Morgan fingerprint density at radius 2 is 2.03 bits per heavy atom. The number of benzene rings is 1. The zero-order valence-electron chi connectivity index (χ0n) is 18.5. The Balaban J connectivity index is 1.78. The molecule has 0 spiro atoms. The lowest BCUT2D eigenvalue weighted by molar-refractivity contribution is -0.152. The van der Waals surface area contributed by atoms with E-state index in [1.54, 1.807) is 56.3 Å². The lowest BCUT2D eigenvalue weighted by atomic mass is 9.90. The average molecular weight is 469 g/mol. The molecule has 0 amide bonds. The third-order valence-electron chi connectivity index (χ3n) is 5.06. The predicted octanol–water partition coefficient (Wildman–Crippen LogP) is 2.91. The molecule has 1 fully saturated rings. The molecule has 178 valence electrons. The first-order valence-corrected chi connectivity index (χ1v) is 11.2. The zero-order valence-corrected chi connectivity index (χ0v) is 19.2. The number of rotatable bonds is 12. The van der Waals surface area contributed by atoms with Gasteiger partial charge < -0.3 is 29.5 Å². The topological polar surface area (TPSA) is 105 Å². The van der Waals surface area contributed by atoms with Crippen molar-refractivity contribution in [2.24, 2.45) is 11.8 Å². The minimum atomic E-state index is -0.867. The van der Waals surface area contributed by atoms with E-state index < -0.39 is 24.3 Å². The average Bonchev–Trinajstić information content (AvgIpc) is 2.99. The van der Waals surface area contributed by atoms with Gasteiger partial charge in [-0.15, -0.1) is 0 Å². The molecule has 0 unspecified atom stereocenters. The maximum atomic E-state index is 11.4.